The first-order chi connectivity index (χ1) is 27.3. The lowest BCUT2D eigenvalue weighted by Crippen LogP contribution is -2.29. The Balaban J connectivity index is 3.82. The van der Waals surface area contributed by atoms with E-state index < -0.39 is 32.5 Å². The smallest absolute Gasteiger partial charge is 0.462 e. The van der Waals surface area contributed by atoms with E-state index in [-0.39, 0.29) is 19.4 Å². The fourth-order valence-corrected chi connectivity index (χ4v) is 7.55. The van der Waals surface area contributed by atoms with Gasteiger partial charge in [0.2, 0.25) is 0 Å². The van der Waals surface area contributed by atoms with Gasteiger partial charge in [-0.25, -0.2) is 4.57 Å². The Hall–Kier alpha value is -1.21. The van der Waals surface area contributed by atoms with Crippen LogP contribution >= 0.6 is 7.82 Å². The second kappa shape index (κ2) is 43.4. The van der Waals surface area contributed by atoms with E-state index in [1.807, 2.05) is 0 Å². The van der Waals surface area contributed by atoms with E-state index in [1.54, 1.807) is 0 Å². The van der Waals surface area contributed by atoms with E-state index in [0.717, 1.165) is 44.9 Å². The molecule has 0 saturated carbocycles. The molecular formula is C47H91O8P. The zero-order valence-electron chi connectivity index (χ0n) is 36.8. The van der Waals surface area contributed by atoms with Crippen molar-refractivity contribution < 1.29 is 37.9 Å². The number of esters is 2. The molecule has 0 aromatic heterocycles. The average Bonchev–Trinajstić information content (AvgIpc) is 3.17. The lowest BCUT2D eigenvalue weighted by atomic mass is 10.0. The van der Waals surface area contributed by atoms with Crippen LogP contribution in [0.4, 0.5) is 0 Å². The third-order valence-corrected chi connectivity index (χ3v) is 11.3. The van der Waals surface area contributed by atoms with Gasteiger partial charge in [0.15, 0.2) is 6.10 Å². The van der Waals surface area contributed by atoms with Crippen molar-refractivity contribution in [2.45, 2.75) is 264 Å². The van der Waals surface area contributed by atoms with Crippen LogP contribution in [0.2, 0.25) is 0 Å². The first-order valence-electron chi connectivity index (χ1n) is 24.0. The standard InChI is InChI=1S/C47H91O8P/c1-3-5-7-9-11-13-15-17-19-21-23-25-27-29-31-33-35-37-39-41-46(48)53-43-45(44-54-56(50,51)52)55-47(49)42-40-38-36-34-32-30-28-26-24-22-20-18-16-14-12-10-8-6-4-2/h21,23,45H,3-20,22,24-44H2,1-2H3,(H2,50,51,52)/b23-21-/t45-/m1/s1. The van der Waals surface area contributed by atoms with E-state index in [0.29, 0.717) is 6.42 Å². The van der Waals surface area contributed by atoms with Gasteiger partial charge >= 0.3 is 19.8 Å². The number of carbonyl (C=O) groups is 2. The molecule has 0 unspecified atom stereocenters. The van der Waals surface area contributed by atoms with Gasteiger partial charge in [-0.2, -0.15) is 0 Å². The molecule has 56 heavy (non-hydrogen) atoms. The Kier molecular flexibility index (Phi) is 42.4. The van der Waals surface area contributed by atoms with Gasteiger partial charge in [-0.15, -0.1) is 0 Å². The maximum Gasteiger partial charge on any atom is 0.469 e. The zero-order chi connectivity index (χ0) is 41.1. The van der Waals surface area contributed by atoms with Crippen molar-refractivity contribution in [3.63, 3.8) is 0 Å². The fourth-order valence-electron chi connectivity index (χ4n) is 7.19. The molecule has 0 radical (unpaired) electrons. The second-order valence-electron chi connectivity index (χ2n) is 16.4. The van der Waals surface area contributed by atoms with Crippen molar-refractivity contribution in [2.24, 2.45) is 0 Å². The lowest BCUT2D eigenvalue weighted by molar-refractivity contribution is -0.161. The number of allylic oxidation sites excluding steroid dienone is 2. The number of unbranched alkanes of at least 4 members (excludes halogenated alkanes) is 33. The molecule has 0 amide bonds. The van der Waals surface area contributed by atoms with Crippen LogP contribution in [0.15, 0.2) is 12.2 Å². The maximum absolute atomic E-state index is 12.4. The van der Waals surface area contributed by atoms with E-state index >= 15 is 0 Å². The highest BCUT2D eigenvalue weighted by Gasteiger charge is 2.23. The molecule has 1 atom stereocenters. The minimum Gasteiger partial charge on any atom is -0.462 e. The molecule has 0 aromatic carbocycles. The molecule has 0 aliphatic rings. The normalized spacial score (nSPS) is 12.4. The molecule has 0 aliphatic heterocycles. The van der Waals surface area contributed by atoms with Gasteiger partial charge in [0.1, 0.15) is 6.61 Å². The molecule has 0 saturated heterocycles. The van der Waals surface area contributed by atoms with Gasteiger partial charge < -0.3 is 19.3 Å². The second-order valence-corrected chi connectivity index (χ2v) is 17.7. The highest BCUT2D eigenvalue weighted by atomic mass is 31.2. The molecule has 0 heterocycles. The predicted molar refractivity (Wildman–Crippen MR) is 235 cm³/mol. The van der Waals surface area contributed by atoms with Crippen molar-refractivity contribution in [2.75, 3.05) is 13.2 Å². The van der Waals surface area contributed by atoms with Crippen molar-refractivity contribution in [3.05, 3.63) is 12.2 Å². The molecule has 0 fully saturated rings. The average molecular weight is 815 g/mol. The summed E-state index contributed by atoms with van der Waals surface area (Å²) in [6.45, 7) is 3.73. The van der Waals surface area contributed by atoms with Crippen molar-refractivity contribution in [3.8, 4) is 0 Å². The van der Waals surface area contributed by atoms with Crippen LogP contribution in [0.5, 0.6) is 0 Å². The third-order valence-electron chi connectivity index (χ3n) is 10.8. The van der Waals surface area contributed by atoms with Gasteiger partial charge in [-0.3, -0.25) is 14.1 Å². The number of carbonyl (C=O) groups excluding carboxylic acids is 2. The largest absolute Gasteiger partial charge is 0.469 e. The van der Waals surface area contributed by atoms with E-state index in [1.165, 1.54) is 180 Å². The van der Waals surface area contributed by atoms with Crippen molar-refractivity contribution >= 4 is 19.8 Å². The van der Waals surface area contributed by atoms with Gasteiger partial charge in [0.25, 0.3) is 0 Å². The molecule has 332 valence electrons. The quantitative estimate of drug-likeness (QED) is 0.0270. The number of phosphoric acid groups is 1. The zero-order valence-corrected chi connectivity index (χ0v) is 37.7. The first kappa shape index (κ1) is 54.8. The molecule has 0 rings (SSSR count). The number of phosphoric ester groups is 1. The van der Waals surface area contributed by atoms with E-state index in [4.69, 9.17) is 19.3 Å². The first-order valence-corrected chi connectivity index (χ1v) is 25.5. The van der Waals surface area contributed by atoms with Crippen LogP contribution in [0.1, 0.15) is 258 Å². The summed E-state index contributed by atoms with van der Waals surface area (Å²) in [4.78, 5) is 43.0. The molecule has 0 bridgehead atoms. The topological polar surface area (TPSA) is 119 Å². The van der Waals surface area contributed by atoms with Gasteiger partial charge in [0, 0.05) is 12.8 Å². The summed E-state index contributed by atoms with van der Waals surface area (Å²) in [5.41, 5.74) is 0. The Morgan fingerprint density at radius 3 is 1.09 bits per heavy atom. The van der Waals surface area contributed by atoms with Gasteiger partial charge in [-0.1, -0.05) is 219 Å². The van der Waals surface area contributed by atoms with Gasteiger partial charge in [-0.05, 0) is 38.5 Å². The summed E-state index contributed by atoms with van der Waals surface area (Å²) in [5.74, 6) is -0.873. The Morgan fingerprint density at radius 2 is 0.750 bits per heavy atom. The summed E-state index contributed by atoms with van der Waals surface area (Å²) in [7, 11) is -4.75. The third kappa shape index (κ3) is 45.5. The Bertz CT molecular complexity index is 920. The minimum absolute atomic E-state index is 0.218. The van der Waals surface area contributed by atoms with E-state index in [9.17, 15) is 14.2 Å². The summed E-state index contributed by atoms with van der Waals surface area (Å²) in [6, 6.07) is 0. The summed E-state index contributed by atoms with van der Waals surface area (Å²) in [6.07, 6.45) is 49.4. The van der Waals surface area contributed by atoms with E-state index in [2.05, 4.69) is 30.5 Å². The molecule has 0 aromatic rings. The number of rotatable bonds is 45. The number of hydrogen-bond acceptors (Lipinski definition) is 6. The van der Waals surface area contributed by atoms with Crippen molar-refractivity contribution in [1.29, 1.82) is 0 Å². The molecule has 0 spiro atoms. The Labute approximate surface area is 346 Å². The lowest BCUT2D eigenvalue weighted by Gasteiger charge is -2.18. The highest BCUT2D eigenvalue weighted by molar-refractivity contribution is 7.46. The SMILES string of the molecule is CCCCCCCCCC/C=C\CCCCCCCCCC(=O)OC[C@H](COP(=O)(O)O)OC(=O)CCCCCCCCCCCCCCCCCCCCC. The number of hydrogen-bond donors (Lipinski definition) is 2. The maximum atomic E-state index is 12.4. The predicted octanol–water partition coefficient (Wildman–Crippen LogP) is 15.0. The number of ether oxygens (including phenoxy) is 2. The van der Waals surface area contributed by atoms with Crippen LogP contribution in [0, 0.1) is 0 Å². The summed E-state index contributed by atoms with van der Waals surface area (Å²) < 4.78 is 26.5. The van der Waals surface area contributed by atoms with Gasteiger partial charge in [0.05, 0.1) is 6.61 Å². The van der Waals surface area contributed by atoms with Crippen LogP contribution in [-0.2, 0) is 28.2 Å². The van der Waals surface area contributed by atoms with Crippen LogP contribution in [0.25, 0.3) is 0 Å². The summed E-state index contributed by atoms with van der Waals surface area (Å²) in [5, 5.41) is 0. The highest BCUT2D eigenvalue weighted by Crippen LogP contribution is 2.36. The van der Waals surface area contributed by atoms with Crippen molar-refractivity contribution in [1.82, 2.24) is 0 Å². The summed E-state index contributed by atoms with van der Waals surface area (Å²) >= 11 is 0. The van der Waals surface area contributed by atoms with Crippen LogP contribution in [0.3, 0.4) is 0 Å². The molecule has 8 nitrogen and oxygen atoms in total. The van der Waals surface area contributed by atoms with Crippen LogP contribution in [-0.4, -0.2) is 41.0 Å². The molecular weight excluding hydrogens is 723 g/mol. The minimum atomic E-state index is -4.75. The Morgan fingerprint density at radius 1 is 0.446 bits per heavy atom. The monoisotopic (exact) mass is 815 g/mol. The fraction of sp³-hybridized carbons (Fsp3) is 0.915. The van der Waals surface area contributed by atoms with Crippen LogP contribution < -0.4 is 0 Å². The molecule has 0 aliphatic carbocycles. The molecule has 2 N–H and O–H groups in total. The molecule has 9 heteroatoms.